The summed E-state index contributed by atoms with van der Waals surface area (Å²) in [5.74, 6) is 5.71. The predicted molar refractivity (Wildman–Crippen MR) is 73.2 cm³/mol. The van der Waals surface area contributed by atoms with Crippen molar-refractivity contribution in [2.45, 2.75) is 19.4 Å². The molecule has 0 amide bonds. The highest BCUT2D eigenvalue weighted by Gasteiger charge is 2.21. The van der Waals surface area contributed by atoms with Gasteiger partial charge < -0.3 is 0 Å². The van der Waals surface area contributed by atoms with E-state index in [0.29, 0.717) is 5.02 Å². The molecule has 0 aliphatic carbocycles. The van der Waals surface area contributed by atoms with Gasteiger partial charge in [-0.3, -0.25) is 10.5 Å². The monoisotopic (exact) mass is 264 g/mol. The van der Waals surface area contributed by atoms with Crippen molar-refractivity contribution < 1.29 is 0 Å². The highest BCUT2D eigenvalue weighted by atomic mass is 35.5. The lowest BCUT2D eigenvalue weighted by Gasteiger charge is -2.20. The van der Waals surface area contributed by atoms with E-state index in [9.17, 15) is 0 Å². The standard InChI is InChI=1S/C13H17ClN4/c1-3-9-6-4-5-7-10(9)12(17-15)13-11(14)8-16-18(13)2/h4-8,12,17H,3,15H2,1-2H3. The maximum atomic E-state index is 6.19. The van der Waals surface area contributed by atoms with E-state index in [1.54, 1.807) is 10.9 Å². The van der Waals surface area contributed by atoms with Gasteiger partial charge in [0, 0.05) is 7.05 Å². The minimum absolute atomic E-state index is 0.152. The van der Waals surface area contributed by atoms with E-state index >= 15 is 0 Å². The van der Waals surface area contributed by atoms with Gasteiger partial charge in [0.05, 0.1) is 23.0 Å². The van der Waals surface area contributed by atoms with Crippen molar-refractivity contribution >= 4 is 11.6 Å². The van der Waals surface area contributed by atoms with Crippen LogP contribution in [0.1, 0.15) is 29.8 Å². The lowest BCUT2D eigenvalue weighted by Crippen LogP contribution is -2.31. The zero-order valence-corrected chi connectivity index (χ0v) is 11.3. The van der Waals surface area contributed by atoms with Crippen molar-refractivity contribution in [3.05, 3.63) is 52.3 Å². The Morgan fingerprint density at radius 2 is 2.17 bits per heavy atom. The van der Waals surface area contributed by atoms with Crippen LogP contribution < -0.4 is 11.3 Å². The molecular formula is C13H17ClN4. The molecule has 1 atom stereocenters. The molecule has 4 nitrogen and oxygen atoms in total. The number of nitrogens with one attached hydrogen (secondary N) is 1. The largest absolute Gasteiger partial charge is 0.271 e. The van der Waals surface area contributed by atoms with Crippen molar-refractivity contribution in [2.24, 2.45) is 12.9 Å². The van der Waals surface area contributed by atoms with Crippen LogP contribution in [-0.2, 0) is 13.5 Å². The third kappa shape index (κ3) is 2.27. The molecule has 0 saturated heterocycles. The number of aryl methyl sites for hydroxylation is 2. The zero-order chi connectivity index (χ0) is 13.1. The normalized spacial score (nSPS) is 12.7. The second kappa shape index (κ2) is 5.52. The van der Waals surface area contributed by atoms with E-state index in [1.165, 1.54) is 5.56 Å². The van der Waals surface area contributed by atoms with E-state index in [0.717, 1.165) is 17.7 Å². The van der Waals surface area contributed by atoms with Crippen molar-refractivity contribution in [1.82, 2.24) is 15.2 Å². The van der Waals surface area contributed by atoms with Crippen molar-refractivity contribution in [1.29, 1.82) is 0 Å². The van der Waals surface area contributed by atoms with Crippen LogP contribution in [0.3, 0.4) is 0 Å². The summed E-state index contributed by atoms with van der Waals surface area (Å²) in [5, 5.41) is 4.77. The number of halogens is 1. The maximum Gasteiger partial charge on any atom is 0.0896 e. The number of hydrogen-bond donors (Lipinski definition) is 2. The summed E-state index contributed by atoms with van der Waals surface area (Å²) in [4.78, 5) is 0. The number of nitrogens with zero attached hydrogens (tertiary/aromatic N) is 2. The molecule has 0 radical (unpaired) electrons. The fourth-order valence-electron chi connectivity index (χ4n) is 2.20. The number of aromatic nitrogens is 2. The van der Waals surface area contributed by atoms with E-state index in [4.69, 9.17) is 17.4 Å². The SMILES string of the molecule is CCc1ccccc1C(NN)c1c(Cl)cnn1C. The fraction of sp³-hybridized carbons (Fsp3) is 0.308. The lowest BCUT2D eigenvalue weighted by molar-refractivity contribution is 0.571. The maximum absolute atomic E-state index is 6.19. The Bertz CT molecular complexity index is 516. The van der Waals surface area contributed by atoms with Gasteiger partial charge in [-0.05, 0) is 17.5 Å². The van der Waals surface area contributed by atoms with Gasteiger partial charge in [-0.2, -0.15) is 5.10 Å². The Balaban J connectivity index is 2.52. The number of hydrazine groups is 1. The summed E-state index contributed by atoms with van der Waals surface area (Å²) in [6.45, 7) is 2.12. The van der Waals surface area contributed by atoms with Crippen LogP contribution in [0.15, 0.2) is 30.5 Å². The Morgan fingerprint density at radius 3 is 2.72 bits per heavy atom. The highest BCUT2D eigenvalue weighted by molar-refractivity contribution is 6.31. The Morgan fingerprint density at radius 1 is 1.44 bits per heavy atom. The number of rotatable bonds is 4. The average Bonchev–Trinajstić information content (AvgIpc) is 2.72. The van der Waals surface area contributed by atoms with E-state index < -0.39 is 0 Å². The van der Waals surface area contributed by atoms with Crippen LogP contribution in [0.25, 0.3) is 0 Å². The first-order valence-electron chi connectivity index (χ1n) is 5.90. The summed E-state index contributed by atoms with van der Waals surface area (Å²) in [7, 11) is 1.86. The quantitative estimate of drug-likeness (QED) is 0.657. The average molecular weight is 265 g/mol. The van der Waals surface area contributed by atoms with Gasteiger partial charge in [0.15, 0.2) is 0 Å². The summed E-state index contributed by atoms with van der Waals surface area (Å²) < 4.78 is 1.75. The zero-order valence-electron chi connectivity index (χ0n) is 10.5. The molecule has 0 spiro atoms. The first-order valence-corrected chi connectivity index (χ1v) is 6.28. The molecule has 2 rings (SSSR count). The molecule has 0 aliphatic rings. The molecule has 1 heterocycles. The summed E-state index contributed by atoms with van der Waals surface area (Å²) in [6.07, 6.45) is 2.58. The predicted octanol–water partition coefficient (Wildman–Crippen LogP) is 2.19. The molecule has 0 saturated carbocycles. The van der Waals surface area contributed by atoms with Gasteiger partial charge >= 0.3 is 0 Å². The Hall–Kier alpha value is -1.36. The van der Waals surface area contributed by atoms with E-state index in [1.807, 2.05) is 19.2 Å². The van der Waals surface area contributed by atoms with Crippen LogP contribution in [0, 0.1) is 0 Å². The summed E-state index contributed by atoms with van der Waals surface area (Å²) in [6, 6.07) is 8.04. The molecule has 0 fully saturated rings. The molecule has 2 aromatic rings. The van der Waals surface area contributed by atoms with Crippen LogP contribution in [0.2, 0.25) is 5.02 Å². The van der Waals surface area contributed by atoms with Crippen molar-refractivity contribution in [2.75, 3.05) is 0 Å². The topological polar surface area (TPSA) is 55.9 Å². The second-order valence-corrected chi connectivity index (χ2v) is 4.56. The molecule has 1 aromatic carbocycles. The second-order valence-electron chi connectivity index (χ2n) is 4.15. The third-order valence-corrected chi connectivity index (χ3v) is 3.42. The minimum atomic E-state index is -0.152. The first-order chi connectivity index (χ1) is 8.69. The molecule has 0 aliphatic heterocycles. The van der Waals surface area contributed by atoms with Crippen LogP contribution in [0.5, 0.6) is 0 Å². The third-order valence-electron chi connectivity index (χ3n) is 3.12. The van der Waals surface area contributed by atoms with Gasteiger partial charge in [-0.1, -0.05) is 42.8 Å². The first kappa shape index (κ1) is 13.1. The minimum Gasteiger partial charge on any atom is -0.271 e. The van der Waals surface area contributed by atoms with Gasteiger partial charge in [-0.15, -0.1) is 0 Å². The summed E-state index contributed by atoms with van der Waals surface area (Å²) in [5.41, 5.74) is 6.09. The van der Waals surface area contributed by atoms with Crippen LogP contribution in [0.4, 0.5) is 0 Å². The number of hydrogen-bond acceptors (Lipinski definition) is 3. The lowest BCUT2D eigenvalue weighted by atomic mass is 9.97. The Kier molecular flexibility index (Phi) is 4.01. The van der Waals surface area contributed by atoms with E-state index in [-0.39, 0.29) is 6.04 Å². The fourth-order valence-corrected chi connectivity index (χ4v) is 2.47. The van der Waals surface area contributed by atoms with Gasteiger partial charge in [0.25, 0.3) is 0 Å². The van der Waals surface area contributed by atoms with Gasteiger partial charge in [0.2, 0.25) is 0 Å². The molecule has 5 heteroatoms. The molecule has 1 aromatic heterocycles. The van der Waals surface area contributed by atoms with E-state index in [2.05, 4.69) is 29.6 Å². The molecular weight excluding hydrogens is 248 g/mol. The van der Waals surface area contributed by atoms with Crippen LogP contribution >= 0.6 is 11.6 Å². The van der Waals surface area contributed by atoms with Gasteiger partial charge in [0.1, 0.15) is 0 Å². The number of nitrogens with two attached hydrogens (primary N) is 1. The van der Waals surface area contributed by atoms with Crippen molar-refractivity contribution in [3.63, 3.8) is 0 Å². The highest BCUT2D eigenvalue weighted by Crippen LogP contribution is 2.29. The Labute approximate surface area is 112 Å². The smallest absolute Gasteiger partial charge is 0.0896 e. The van der Waals surface area contributed by atoms with Gasteiger partial charge in [-0.25, -0.2) is 5.43 Å². The number of benzene rings is 1. The molecule has 3 N–H and O–H groups in total. The molecule has 18 heavy (non-hydrogen) atoms. The van der Waals surface area contributed by atoms with Crippen LogP contribution in [-0.4, -0.2) is 9.78 Å². The molecule has 1 unspecified atom stereocenters. The summed E-state index contributed by atoms with van der Waals surface area (Å²) >= 11 is 6.19. The molecule has 0 bridgehead atoms. The molecule has 96 valence electrons. The van der Waals surface area contributed by atoms with Crippen molar-refractivity contribution in [3.8, 4) is 0 Å².